The van der Waals surface area contributed by atoms with Gasteiger partial charge in [-0.1, -0.05) is 36.4 Å². The maximum absolute atomic E-state index is 12.8. The highest BCUT2D eigenvalue weighted by atomic mass is 35.5. The molecule has 37 heavy (non-hydrogen) atoms. The zero-order valence-corrected chi connectivity index (χ0v) is 21.2. The Morgan fingerprint density at radius 3 is 2.57 bits per heavy atom. The summed E-state index contributed by atoms with van der Waals surface area (Å²) in [6.45, 7) is 0.567. The van der Waals surface area contributed by atoms with Gasteiger partial charge in [-0.15, -0.1) is 23.7 Å². The number of para-hydroxylation sites is 1. The lowest BCUT2D eigenvalue weighted by Gasteiger charge is -2.15. The van der Waals surface area contributed by atoms with Crippen LogP contribution in [0.15, 0.2) is 72.1 Å². The van der Waals surface area contributed by atoms with E-state index < -0.39 is 0 Å². The highest BCUT2D eigenvalue weighted by Crippen LogP contribution is 2.35. The molecule has 0 atom stereocenters. The fourth-order valence-corrected chi connectivity index (χ4v) is 4.27. The molecule has 0 unspecified atom stereocenters. The summed E-state index contributed by atoms with van der Waals surface area (Å²) in [4.78, 5) is 29.7. The Morgan fingerprint density at radius 1 is 1.05 bits per heavy atom. The van der Waals surface area contributed by atoms with Crippen LogP contribution in [0.5, 0.6) is 5.75 Å². The Labute approximate surface area is 224 Å². The number of amides is 2. The molecule has 188 valence electrons. The van der Waals surface area contributed by atoms with Gasteiger partial charge in [0.1, 0.15) is 17.4 Å². The summed E-state index contributed by atoms with van der Waals surface area (Å²) in [5, 5.41) is 27.9. The fraction of sp³-hybridized carbons (Fsp3) is 0.111. The summed E-state index contributed by atoms with van der Waals surface area (Å²) in [6, 6.07) is 21.4. The van der Waals surface area contributed by atoms with E-state index in [-0.39, 0.29) is 54.3 Å². The SMILES string of the molecule is Cl.N#Cc1c(-c2cccc(CNC(=O)CCN)c2)cc(-c2ccccc2O)nc1NC(=O)c1cccs1. The number of halogens is 1. The second-order valence-corrected chi connectivity index (χ2v) is 8.80. The quantitative estimate of drug-likeness (QED) is 0.259. The van der Waals surface area contributed by atoms with Crippen LogP contribution >= 0.6 is 23.7 Å². The smallest absolute Gasteiger partial charge is 0.266 e. The van der Waals surface area contributed by atoms with Gasteiger partial charge >= 0.3 is 0 Å². The first-order valence-electron chi connectivity index (χ1n) is 11.1. The zero-order chi connectivity index (χ0) is 25.5. The van der Waals surface area contributed by atoms with Gasteiger partial charge in [0.15, 0.2) is 5.82 Å². The summed E-state index contributed by atoms with van der Waals surface area (Å²) >= 11 is 1.28. The molecular weight excluding hydrogens is 510 g/mol. The van der Waals surface area contributed by atoms with Crippen molar-refractivity contribution in [2.75, 3.05) is 11.9 Å². The molecule has 0 spiro atoms. The minimum Gasteiger partial charge on any atom is -0.507 e. The maximum Gasteiger partial charge on any atom is 0.266 e. The van der Waals surface area contributed by atoms with Crippen molar-refractivity contribution in [2.45, 2.75) is 13.0 Å². The molecule has 10 heteroatoms. The third-order valence-corrected chi connectivity index (χ3v) is 6.26. The topological polar surface area (TPSA) is 141 Å². The van der Waals surface area contributed by atoms with E-state index in [0.29, 0.717) is 33.8 Å². The van der Waals surface area contributed by atoms with Crippen LogP contribution in [0.2, 0.25) is 0 Å². The van der Waals surface area contributed by atoms with Crippen LogP contribution in [0, 0.1) is 11.3 Å². The molecule has 2 amide bonds. The average molecular weight is 534 g/mol. The van der Waals surface area contributed by atoms with Crippen LogP contribution in [0.4, 0.5) is 5.82 Å². The molecule has 0 aliphatic rings. The number of nitriles is 1. The van der Waals surface area contributed by atoms with E-state index in [2.05, 4.69) is 21.7 Å². The summed E-state index contributed by atoms with van der Waals surface area (Å²) < 4.78 is 0. The Hall–Kier alpha value is -4.23. The maximum atomic E-state index is 12.8. The van der Waals surface area contributed by atoms with Crippen molar-refractivity contribution in [3.05, 3.63) is 88.1 Å². The first-order valence-corrected chi connectivity index (χ1v) is 12.0. The van der Waals surface area contributed by atoms with E-state index in [4.69, 9.17) is 5.73 Å². The van der Waals surface area contributed by atoms with Crippen LogP contribution in [-0.2, 0) is 11.3 Å². The number of rotatable bonds is 8. The largest absolute Gasteiger partial charge is 0.507 e. The van der Waals surface area contributed by atoms with E-state index in [9.17, 15) is 20.0 Å². The minimum absolute atomic E-state index is 0. The lowest BCUT2D eigenvalue weighted by atomic mass is 9.96. The number of aromatic hydroxyl groups is 1. The predicted molar refractivity (Wildman–Crippen MR) is 147 cm³/mol. The molecule has 4 aromatic rings. The molecule has 2 aromatic carbocycles. The number of anilines is 1. The molecule has 5 N–H and O–H groups in total. The summed E-state index contributed by atoms with van der Waals surface area (Å²) in [5.74, 6) is -0.420. The molecule has 0 fully saturated rings. The van der Waals surface area contributed by atoms with Gasteiger partial charge in [0.05, 0.1) is 10.6 Å². The van der Waals surface area contributed by atoms with Crippen molar-refractivity contribution in [1.29, 1.82) is 5.26 Å². The fourth-order valence-electron chi connectivity index (χ4n) is 3.65. The molecule has 0 bridgehead atoms. The number of carbonyl (C=O) groups excluding carboxylic acids is 2. The van der Waals surface area contributed by atoms with Gasteiger partial charge in [-0.05, 0) is 46.8 Å². The first-order chi connectivity index (χ1) is 17.5. The Kier molecular flexibility index (Phi) is 9.35. The molecule has 0 saturated heterocycles. The van der Waals surface area contributed by atoms with Crippen LogP contribution in [-0.4, -0.2) is 28.4 Å². The van der Waals surface area contributed by atoms with Crippen molar-refractivity contribution in [2.24, 2.45) is 5.73 Å². The van der Waals surface area contributed by atoms with Gasteiger partial charge in [0.25, 0.3) is 5.91 Å². The van der Waals surface area contributed by atoms with Crippen molar-refractivity contribution < 1.29 is 14.7 Å². The molecule has 2 heterocycles. The molecule has 0 radical (unpaired) electrons. The van der Waals surface area contributed by atoms with Gasteiger partial charge in [0.2, 0.25) is 5.91 Å². The Balaban J connectivity index is 0.00000380. The van der Waals surface area contributed by atoms with Crippen molar-refractivity contribution in [3.8, 4) is 34.2 Å². The number of carbonyl (C=O) groups is 2. The van der Waals surface area contributed by atoms with Gasteiger partial charge in [-0.2, -0.15) is 5.26 Å². The van der Waals surface area contributed by atoms with Crippen molar-refractivity contribution >= 4 is 41.4 Å². The number of benzene rings is 2. The number of thiophene rings is 1. The molecule has 2 aromatic heterocycles. The number of pyridine rings is 1. The van der Waals surface area contributed by atoms with E-state index in [0.717, 1.165) is 5.56 Å². The number of phenols is 1. The van der Waals surface area contributed by atoms with E-state index in [1.54, 1.807) is 47.8 Å². The van der Waals surface area contributed by atoms with E-state index in [1.807, 2.05) is 24.3 Å². The van der Waals surface area contributed by atoms with Gasteiger partial charge in [-0.25, -0.2) is 4.98 Å². The summed E-state index contributed by atoms with van der Waals surface area (Å²) in [6.07, 6.45) is 0.236. The normalized spacial score (nSPS) is 10.2. The van der Waals surface area contributed by atoms with Crippen LogP contribution in [0.3, 0.4) is 0 Å². The average Bonchev–Trinajstić information content (AvgIpc) is 3.43. The number of nitrogens with zero attached hydrogens (tertiary/aromatic N) is 2. The molecular formula is C27H24ClN5O3S. The highest BCUT2D eigenvalue weighted by molar-refractivity contribution is 7.12. The van der Waals surface area contributed by atoms with Crippen LogP contribution in [0.1, 0.15) is 27.2 Å². The molecule has 0 aliphatic heterocycles. The summed E-state index contributed by atoms with van der Waals surface area (Å²) in [5.41, 5.74) is 8.53. The van der Waals surface area contributed by atoms with Crippen LogP contribution in [0.25, 0.3) is 22.4 Å². The number of aromatic nitrogens is 1. The lowest BCUT2D eigenvalue weighted by Crippen LogP contribution is -2.24. The Bertz CT molecular complexity index is 1450. The van der Waals surface area contributed by atoms with Crippen molar-refractivity contribution in [1.82, 2.24) is 10.3 Å². The number of hydrogen-bond donors (Lipinski definition) is 4. The number of nitrogens with two attached hydrogens (primary N) is 1. The van der Waals surface area contributed by atoms with Crippen molar-refractivity contribution in [3.63, 3.8) is 0 Å². The number of phenolic OH excluding ortho intramolecular Hbond substituents is 1. The third kappa shape index (κ3) is 6.51. The second-order valence-electron chi connectivity index (χ2n) is 7.85. The first kappa shape index (κ1) is 27.4. The van der Waals surface area contributed by atoms with E-state index >= 15 is 0 Å². The zero-order valence-electron chi connectivity index (χ0n) is 19.6. The molecule has 4 rings (SSSR count). The summed E-state index contributed by atoms with van der Waals surface area (Å²) in [7, 11) is 0. The number of nitrogens with one attached hydrogen (secondary N) is 2. The minimum atomic E-state index is -0.384. The molecule has 0 aliphatic carbocycles. The predicted octanol–water partition coefficient (Wildman–Crippen LogP) is 4.69. The van der Waals surface area contributed by atoms with Crippen LogP contribution < -0.4 is 16.4 Å². The molecule has 8 nitrogen and oxygen atoms in total. The van der Waals surface area contributed by atoms with Gasteiger partial charge in [-0.3, -0.25) is 9.59 Å². The van der Waals surface area contributed by atoms with Gasteiger partial charge < -0.3 is 21.5 Å². The van der Waals surface area contributed by atoms with E-state index in [1.165, 1.54) is 11.3 Å². The highest BCUT2D eigenvalue weighted by Gasteiger charge is 2.19. The monoisotopic (exact) mass is 533 g/mol. The lowest BCUT2D eigenvalue weighted by molar-refractivity contribution is -0.121. The molecule has 0 saturated carbocycles. The standard InChI is InChI=1S/C27H23N5O3S.ClH/c28-11-10-25(34)30-16-17-5-3-6-18(13-17)20-14-22(19-7-1-2-8-23(19)33)31-26(21(20)15-29)32-27(35)24-9-4-12-36-24;/h1-9,12-14,33H,10-11,16,28H2,(H,30,34)(H,31,32,35);1H. The van der Waals surface area contributed by atoms with Gasteiger partial charge in [0, 0.05) is 30.6 Å². The number of hydrogen-bond acceptors (Lipinski definition) is 7. The third-order valence-electron chi connectivity index (χ3n) is 5.39. The Morgan fingerprint density at radius 2 is 1.86 bits per heavy atom. The second kappa shape index (κ2) is 12.6.